The summed E-state index contributed by atoms with van der Waals surface area (Å²) in [5, 5.41) is 9.59. The van der Waals surface area contributed by atoms with Crippen LogP contribution in [0, 0.1) is 0 Å². The van der Waals surface area contributed by atoms with Gasteiger partial charge < -0.3 is 13.4 Å². The molecule has 0 radical (unpaired) electrons. The van der Waals surface area contributed by atoms with Gasteiger partial charge in [-0.25, -0.2) is 0 Å². The zero-order valence-electron chi connectivity index (χ0n) is 40.8. The molecule has 0 saturated heterocycles. The first-order chi connectivity index (χ1) is 36.7. The molecule has 0 N–H and O–H groups in total. The summed E-state index contributed by atoms with van der Waals surface area (Å²) in [6.07, 6.45) is 6.18. The average molecular weight is 948 g/mol. The molecule has 350 valence electrons. The maximum absolute atomic E-state index is 6.90. The topological polar surface area (TPSA) is 31.2 Å². The highest BCUT2D eigenvalue weighted by Gasteiger charge is 2.45. The van der Waals surface area contributed by atoms with E-state index in [-0.39, 0.29) is 11.3 Å². The van der Waals surface area contributed by atoms with Gasteiger partial charge in [0.05, 0.1) is 11.0 Å². The maximum atomic E-state index is 6.90. The van der Waals surface area contributed by atoms with Crippen LogP contribution in [0.5, 0.6) is 0 Å². The molecule has 1 unspecified atom stereocenters. The minimum Gasteiger partial charge on any atom is -0.456 e. The van der Waals surface area contributed by atoms with Gasteiger partial charge in [0, 0.05) is 54.9 Å². The summed E-state index contributed by atoms with van der Waals surface area (Å²) in [5.41, 5.74) is 21.4. The molecular weight excluding hydrogens is 899 g/mol. The lowest BCUT2D eigenvalue weighted by Crippen LogP contribution is -2.28. The van der Waals surface area contributed by atoms with Gasteiger partial charge in [0.15, 0.2) is 0 Å². The van der Waals surface area contributed by atoms with Crippen LogP contribution in [0.3, 0.4) is 0 Å². The van der Waals surface area contributed by atoms with Crippen molar-refractivity contribution in [1.29, 1.82) is 0 Å². The van der Waals surface area contributed by atoms with Crippen molar-refractivity contribution in [2.24, 2.45) is 0 Å². The summed E-state index contributed by atoms with van der Waals surface area (Å²) < 4.78 is 15.9. The fourth-order valence-electron chi connectivity index (χ4n) is 13.9. The molecule has 14 aromatic rings. The molecule has 3 heterocycles. The molecule has 1 spiro atoms. The number of furan rings is 2. The first-order valence-corrected chi connectivity index (χ1v) is 26.4. The van der Waals surface area contributed by atoms with Crippen LogP contribution >= 0.6 is 0 Å². The summed E-state index contributed by atoms with van der Waals surface area (Å²) in [5.74, 6) is -0.102. The molecule has 2 aliphatic rings. The predicted molar refractivity (Wildman–Crippen MR) is 307 cm³/mol. The Kier molecular flexibility index (Phi) is 9.03. The number of hydrogen-bond acceptors (Lipinski definition) is 2. The van der Waals surface area contributed by atoms with Gasteiger partial charge in [-0.1, -0.05) is 195 Å². The summed E-state index contributed by atoms with van der Waals surface area (Å²) in [6, 6.07) is 85.4. The van der Waals surface area contributed by atoms with Crippen LogP contribution in [0.2, 0.25) is 0 Å². The average Bonchev–Trinajstić information content (AvgIpc) is 4.21. The molecule has 2 aliphatic carbocycles. The first kappa shape index (κ1) is 41.7. The third kappa shape index (κ3) is 6.01. The van der Waals surface area contributed by atoms with Gasteiger partial charge in [-0.15, -0.1) is 0 Å². The van der Waals surface area contributed by atoms with Crippen LogP contribution in [0.15, 0.2) is 239 Å². The largest absolute Gasteiger partial charge is 0.456 e. The Morgan fingerprint density at radius 3 is 1.93 bits per heavy atom. The van der Waals surface area contributed by atoms with E-state index in [9.17, 15) is 0 Å². The third-order valence-corrected chi connectivity index (χ3v) is 17.1. The number of nitrogens with zero attached hydrogens (tertiary/aromatic N) is 1. The molecule has 1 fully saturated rings. The van der Waals surface area contributed by atoms with E-state index in [1.54, 1.807) is 0 Å². The lowest BCUT2D eigenvalue weighted by Gasteiger charge is -2.36. The summed E-state index contributed by atoms with van der Waals surface area (Å²) in [6.45, 7) is 0. The Hall–Kier alpha value is -8.92. The van der Waals surface area contributed by atoms with Crippen molar-refractivity contribution in [3.8, 4) is 39.1 Å². The molecular formula is C71H49NO2. The van der Waals surface area contributed by atoms with Crippen molar-refractivity contribution in [3.63, 3.8) is 0 Å². The molecule has 1 saturated carbocycles. The van der Waals surface area contributed by atoms with E-state index >= 15 is 0 Å². The van der Waals surface area contributed by atoms with Crippen molar-refractivity contribution in [2.75, 3.05) is 0 Å². The minimum atomic E-state index is -0.102. The SMILES string of the molecule is c1ccc(-n2c3ccc(-c4ccc5oc6cccc(C(c7ccc(-c8cccc9c8oc8ccccc89)cc7)c7cccc8c7-c7ccccc7C87CCCCC7)c6c5c4)cc3c3c4ccccc4ccc32)cc1. The van der Waals surface area contributed by atoms with Crippen LogP contribution < -0.4 is 0 Å². The van der Waals surface area contributed by atoms with Crippen LogP contribution in [-0.4, -0.2) is 4.57 Å². The van der Waals surface area contributed by atoms with E-state index in [4.69, 9.17) is 8.83 Å². The predicted octanol–water partition coefficient (Wildman–Crippen LogP) is 19.5. The van der Waals surface area contributed by atoms with E-state index < -0.39 is 0 Å². The van der Waals surface area contributed by atoms with Gasteiger partial charge in [0.2, 0.25) is 0 Å². The molecule has 0 amide bonds. The van der Waals surface area contributed by atoms with Crippen molar-refractivity contribution >= 4 is 76.5 Å². The van der Waals surface area contributed by atoms with Gasteiger partial charge in [0.1, 0.15) is 22.3 Å². The smallest absolute Gasteiger partial charge is 0.143 e. The highest BCUT2D eigenvalue weighted by molar-refractivity contribution is 6.22. The molecule has 0 bridgehead atoms. The molecule has 3 nitrogen and oxygen atoms in total. The Labute approximate surface area is 428 Å². The van der Waals surface area contributed by atoms with Gasteiger partial charge in [-0.3, -0.25) is 0 Å². The van der Waals surface area contributed by atoms with Gasteiger partial charge >= 0.3 is 0 Å². The van der Waals surface area contributed by atoms with Crippen LogP contribution in [0.25, 0.3) is 116 Å². The fourth-order valence-corrected chi connectivity index (χ4v) is 13.9. The zero-order valence-corrected chi connectivity index (χ0v) is 40.8. The second-order valence-electron chi connectivity index (χ2n) is 20.9. The Balaban J connectivity index is 0.909. The molecule has 11 aromatic carbocycles. The highest BCUT2D eigenvalue weighted by atomic mass is 16.3. The summed E-state index contributed by atoms with van der Waals surface area (Å²) >= 11 is 0. The number of hydrogen-bond donors (Lipinski definition) is 0. The Morgan fingerprint density at radius 1 is 0.392 bits per heavy atom. The summed E-state index contributed by atoms with van der Waals surface area (Å²) in [4.78, 5) is 0. The van der Waals surface area contributed by atoms with Gasteiger partial charge in [-0.2, -0.15) is 0 Å². The normalized spacial score (nSPS) is 14.5. The number of rotatable bonds is 6. The molecule has 16 rings (SSSR count). The second kappa shape index (κ2) is 16.0. The number of fused-ring (bicyclic) bond motifs is 16. The molecule has 3 aromatic heterocycles. The Bertz CT molecular complexity index is 4580. The third-order valence-electron chi connectivity index (χ3n) is 17.1. The fraction of sp³-hybridized carbons (Fsp3) is 0.0986. The molecule has 0 aliphatic heterocycles. The molecule has 74 heavy (non-hydrogen) atoms. The van der Waals surface area contributed by atoms with Gasteiger partial charge in [0.25, 0.3) is 0 Å². The standard InChI is InChI=1S/C71H49NO2/c1-3-17-49(18-4-1)72-61-37-35-47(42-57(61)68-50-19-6-5-16-44(50)34-38-62(68)72)48-36-39-64-58(43-48)69-56(25-15-29-65(69)73-64)66(55-24-14-27-60-67(55)54-21-7-9-26-59(54)71(60)40-11-2-12-41-71)46-32-30-45(31-33-46)51-22-13-23-53-52-20-8-10-28-63(52)74-70(51)53/h1,3-10,13-39,42-43,66H,2,11-12,40-41H2. The first-order valence-electron chi connectivity index (χ1n) is 26.4. The van der Waals surface area contributed by atoms with Crippen LogP contribution in [0.1, 0.15) is 65.8 Å². The van der Waals surface area contributed by atoms with Crippen LogP contribution in [-0.2, 0) is 5.41 Å². The minimum absolute atomic E-state index is 0.0316. The van der Waals surface area contributed by atoms with Crippen molar-refractivity contribution in [1.82, 2.24) is 4.57 Å². The number of aromatic nitrogens is 1. The highest BCUT2D eigenvalue weighted by Crippen LogP contribution is 2.58. The molecule has 3 heteroatoms. The molecule has 1 atom stereocenters. The number of para-hydroxylation sites is 3. The van der Waals surface area contributed by atoms with E-state index in [2.05, 4.69) is 229 Å². The maximum Gasteiger partial charge on any atom is 0.143 e. The van der Waals surface area contributed by atoms with Gasteiger partial charge in [-0.05, 0) is 134 Å². The summed E-state index contributed by atoms with van der Waals surface area (Å²) in [7, 11) is 0. The lowest BCUT2D eigenvalue weighted by molar-refractivity contribution is 0.353. The van der Waals surface area contributed by atoms with Crippen molar-refractivity contribution in [2.45, 2.75) is 43.4 Å². The van der Waals surface area contributed by atoms with E-state index in [1.165, 1.54) is 109 Å². The monoisotopic (exact) mass is 947 g/mol. The Morgan fingerprint density at radius 2 is 1.04 bits per heavy atom. The number of benzene rings is 11. The van der Waals surface area contributed by atoms with E-state index in [0.717, 1.165) is 66.3 Å². The quantitative estimate of drug-likeness (QED) is 0.156. The van der Waals surface area contributed by atoms with E-state index in [0.29, 0.717) is 0 Å². The van der Waals surface area contributed by atoms with Crippen molar-refractivity contribution in [3.05, 3.63) is 258 Å². The van der Waals surface area contributed by atoms with E-state index in [1.807, 2.05) is 6.07 Å². The second-order valence-corrected chi connectivity index (χ2v) is 20.9. The van der Waals surface area contributed by atoms with Crippen molar-refractivity contribution < 1.29 is 8.83 Å². The zero-order chi connectivity index (χ0) is 48.5. The lowest BCUT2D eigenvalue weighted by atomic mass is 9.67. The van der Waals surface area contributed by atoms with Crippen LogP contribution in [0.4, 0.5) is 0 Å².